The van der Waals surface area contributed by atoms with Crippen LogP contribution in [0.1, 0.15) is 28.4 Å². The molecule has 1 aromatic carbocycles. The fraction of sp³-hybridized carbons (Fsp3) is 0.286. The lowest BCUT2D eigenvalue weighted by atomic mass is 9.97. The summed E-state index contributed by atoms with van der Waals surface area (Å²) in [5.41, 5.74) is 2.90. The third kappa shape index (κ3) is 2.82. The average Bonchev–Trinajstić information content (AvgIpc) is 2.87. The summed E-state index contributed by atoms with van der Waals surface area (Å²) in [6.45, 7) is 4.98. The smallest absolute Gasteiger partial charge is 0.336 e. The van der Waals surface area contributed by atoms with Gasteiger partial charge in [0.15, 0.2) is 0 Å². The van der Waals surface area contributed by atoms with Gasteiger partial charge in [0.1, 0.15) is 0 Å². The highest BCUT2D eigenvalue weighted by molar-refractivity contribution is 7.89. The predicted octanol–water partition coefficient (Wildman–Crippen LogP) is 2.06. The molecule has 0 radical (unpaired) electrons. The third-order valence-electron chi connectivity index (χ3n) is 3.29. The lowest BCUT2D eigenvalue weighted by Gasteiger charge is -2.08. The molecule has 0 spiro atoms. The summed E-state index contributed by atoms with van der Waals surface area (Å²) in [7, 11) is -3.42. The Labute approximate surface area is 123 Å². The summed E-state index contributed by atoms with van der Waals surface area (Å²) in [6, 6.07) is 3.44. The number of rotatable bonds is 4. The minimum atomic E-state index is -3.42. The topological polar surface area (TPSA) is 89.3 Å². The van der Waals surface area contributed by atoms with Crippen LogP contribution in [-0.4, -0.2) is 34.4 Å². The van der Waals surface area contributed by atoms with E-state index in [0.29, 0.717) is 16.7 Å². The van der Waals surface area contributed by atoms with E-state index in [-0.39, 0.29) is 11.3 Å². The van der Waals surface area contributed by atoms with Crippen LogP contribution in [0.4, 0.5) is 0 Å². The van der Waals surface area contributed by atoms with Gasteiger partial charge in [-0.05, 0) is 37.5 Å². The van der Waals surface area contributed by atoms with E-state index >= 15 is 0 Å². The molecule has 0 saturated heterocycles. The number of carboxylic acid groups (broad SMARTS) is 1. The zero-order valence-electron chi connectivity index (χ0n) is 12.0. The molecule has 2 rings (SSSR count). The predicted molar refractivity (Wildman–Crippen MR) is 79.0 cm³/mol. The Morgan fingerprint density at radius 3 is 2.29 bits per heavy atom. The lowest BCUT2D eigenvalue weighted by molar-refractivity contribution is 0.0695. The van der Waals surface area contributed by atoms with E-state index in [9.17, 15) is 13.2 Å². The molecule has 112 valence electrons. The number of aromatic carboxylic acids is 1. The lowest BCUT2D eigenvalue weighted by Crippen LogP contribution is -2.14. The highest BCUT2D eigenvalue weighted by Crippen LogP contribution is 2.25. The van der Waals surface area contributed by atoms with Gasteiger partial charge in [0.25, 0.3) is 10.0 Å². The fourth-order valence-corrected chi connectivity index (χ4v) is 2.94. The second-order valence-electron chi connectivity index (χ2n) is 4.79. The van der Waals surface area contributed by atoms with E-state index in [0.717, 1.165) is 9.65 Å². The minimum Gasteiger partial charge on any atom is -0.478 e. The molecule has 2 aromatic rings. The van der Waals surface area contributed by atoms with E-state index in [4.69, 9.17) is 5.11 Å². The Bertz CT molecular complexity index is 783. The van der Waals surface area contributed by atoms with Crippen LogP contribution in [0, 0.1) is 13.8 Å². The Kier molecular flexibility index (Phi) is 3.87. The third-order valence-corrected chi connectivity index (χ3v) is 4.79. The molecule has 0 unspecified atom stereocenters. The molecule has 21 heavy (non-hydrogen) atoms. The van der Waals surface area contributed by atoms with E-state index in [1.165, 1.54) is 12.4 Å². The van der Waals surface area contributed by atoms with Crippen molar-refractivity contribution < 1.29 is 18.3 Å². The van der Waals surface area contributed by atoms with Crippen molar-refractivity contribution in [2.45, 2.75) is 20.8 Å². The van der Waals surface area contributed by atoms with Crippen LogP contribution >= 0.6 is 0 Å². The number of hydrogen-bond acceptors (Lipinski definition) is 4. The molecule has 0 fully saturated rings. The molecule has 0 bridgehead atoms. The molecule has 7 heteroatoms. The molecule has 0 aliphatic carbocycles. The standard InChI is InChI=1S/C14H16N2O4S/c1-4-21(19,20)16-8-12(7-15-16)11-5-9(2)13(14(17)18)10(3)6-11/h5-8H,4H2,1-3H3,(H,17,18). The van der Waals surface area contributed by atoms with Gasteiger partial charge in [0, 0.05) is 5.56 Å². The molecular formula is C14H16N2O4S. The summed E-state index contributed by atoms with van der Waals surface area (Å²) in [6.07, 6.45) is 2.90. The van der Waals surface area contributed by atoms with Gasteiger partial charge in [-0.25, -0.2) is 13.2 Å². The van der Waals surface area contributed by atoms with E-state index < -0.39 is 16.0 Å². The maximum absolute atomic E-state index is 11.7. The maximum Gasteiger partial charge on any atom is 0.336 e. The van der Waals surface area contributed by atoms with Gasteiger partial charge in [0.05, 0.1) is 23.7 Å². The summed E-state index contributed by atoms with van der Waals surface area (Å²) in [5, 5.41) is 13.0. The highest BCUT2D eigenvalue weighted by Gasteiger charge is 2.15. The zero-order chi connectivity index (χ0) is 15.8. The van der Waals surface area contributed by atoms with Gasteiger partial charge in [-0.3, -0.25) is 0 Å². The van der Waals surface area contributed by atoms with Crippen molar-refractivity contribution in [2.75, 3.05) is 5.75 Å². The minimum absolute atomic E-state index is 0.0376. The number of nitrogens with zero attached hydrogens (tertiary/aromatic N) is 2. The Morgan fingerprint density at radius 2 is 1.81 bits per heavy atom. The highest BCUT2D eigenvalue weighted by atomic mass is 32.2. The Morgan fingerprint density at radius 1 is 1.24 bits per heavy atom. The first-order chi connectivity index (χ1) is 9.76. The van der Waals surface area contributed by atoms with Crippen LogP contribution in [0.2, 0.25) is 0 Å². The summed E-state index contributed by atoms with van der Waals surface area (Å²) in [4.78, 5) is 11.2. The second kappa shape index (κ2) is 5.33. The van der Waals surface area contributed by atoms with Crippen molar-refractivity contribution in [3.63, 3.8) is 0 Å². The maximum atomic E-state index is 11.7. The first-order valence-electron chi connectivity index (χ1n) is 6.39. The van der Waals surface area contributed by atoms with Crippen molar-refractivity contribution in [3.8, 4) is 11.1 Å². The summed E-state index contributed by atoms with van der Waals surface area (Å²) < 4.78 is 24.4. The van der Waals surface area contributed by atoms with Gasteiger partial charge < -0.3 is 5.11 Å². The molecule has 1 N–H and O–H groups in total. The van der Waals surface area contributed by atoms with E-state index in [2.05, 4.69) is 5.10 Å². The Hall–Kier alpha value is -2.15. The second-order valence-corrected chi connectivity index (χ2v) is 6.91. The van der Waals surface area contributed by atoms with Crippen molar-refractivity contribution in [1.82, 2.24) is 9.19 Å². The van der Waals surface area contributed by atoms with Crippen molar-refractivity contribution in [3.05, 3.63) is 41.2 Å². The molecular weight excluding hydrogens is 292 g/mol. The zero-order valence-corrected chi connectivity index (χ0v) is 12.8. The van der Waals surface area contributed by atoms with E-state index in [1.807, 2.05) is 0 Å². The Balaban J connectivity index is 2.52. The average molecular weight is 308 g/mol. The number of aryl methyl sites for hydroxylation is 2. The first-order valence-corrected chi connectivity index (χ1v) is 8.00. The molecule has 6 nitrogen and oxygen atoms in total. The number of aromatic nitrogens is 2. The molecule has 0 aliphatic rings. The van der Waals surface area contributed by atoms with Gasteiger partial charge >= 0.3 is 5.97 Å². The van der Waals surface area contributed by atoms with Crippen LogP contribution in [-0.2, 0) is 10.0 Å². The van der Waals surface area contributed by atoms with Crippen LogP contribution in [0.3, 0.4) is 0 Å². The molecule has 0 saturated carbocycles. The quantitative estimate of drug-likeness (QED) is 0.934. The molecule has 0 aliphatic heterocycles. The van der Waals surface area contributed by atoms with Gasteiger partial charge in [0.2, 0.25) is 0 Å². The molecule has 0 atom stereocenters. The van der Waals surface area contributed by atoms with Crippen molar-refractivity contribution in [1.29, 1.82) is 0 Å². The molecule has 1 aromatic heterocycles. The number of benzene rings is 1. The van der Waals surface area contributed by atoms with Crippen LogP contribution < -0.4 is 0 Å². The summed E-state index contributed by atoms with van der Waals surface area (Å²) >= 11 is 0. The number of carboxylic acids is 1. The summed E-state index contributed by atoms with van der Waals surface area (Å²) in [5.74, 6) is -1.01. The number of hydrogen-bond donors (Lipinski definition) is 1. The van der Waals surface area contributed by atoms with Crippen molar-refractivity contribution >= 4 is 16.0 Å². The first kappa shape index (κ1) is 15.2. The van der Waals surface area contributed by atoms with Gasteiger partial charge in [-0.15, -0.1) is 0 Å². The van der Waals surface area contributed by atoms with Crippen LogP contribution in [0.25, 0.3) is 11.1 Å². The fourth-order valence-electron chi connectivity index (χ4n) is 2.21. The molecule has 0 amide bonds. The van der Waals surface area contributed by atoms with Gasteiger partial charge in [-0.1, -0.05) is 12.1 Å². The van der Waals surface area contributed by atoms with Crippen molar-refractivity contribution in [2.24, 2.45) is 0 Å². The van der Waals surface area contributed by atoms with Crippen LogP contribution in [0.5, 0.6) is 0 Å². The number of carbonyl (C=O) groups is 1. The van der Waals surface area contributed by atoms with Crippen LogP contribution in [0.15, 0.2) is 24.5 Å². The molecule has 1 heterocycles. The monoisotopic (exact) mass is 308 g/mol. The normalized spacial score (nSPS) is 11.6. The SMILES string of the molecule is CCS(=O)(=O)n1cc(-c2cc(C)c(C(=O)O)c(C)c2)cn1. The van der Waals surface area contributed by atoms with E-state index in [1.54, 1.807) is 32.9 Å². The van der Waals surface area contributed by atoms with Gasteiger partial charge in [-0.2, -0.15) is 9.19 Å². The largest absolute Gasteiger partial charge is 0.478 e.